The first-order chi connectivity index (χ1) is 7.34. The summed E-state index contributed by atoms with van der Waals surface area (Å²) in [6.07, 6.45) is 8.54. The van der Waals surface area contributed by atoms with Gasteiger partial charge in [-0.15, -0.1) is 0 Å². The standard InChI is InChI=1S/C12H23NO2/c1-14-8-9-15-10-12(13)11-6-4-2-3-5-7-11/h6,12H,2-5,7-10,13H2,1H3. The van der Waals surface area contributed by atoms with Crippen LogP contribution in [0.15, 0.2) is 11.6 Å². The van der Waals surface area contributed by atoms with Crippen LogP contribution in [0.2, 0.25) is 0 Å². The molecular formula is C12H23NO2. The first-order valence-corrected chi connectivity index (χ1v) is 5.86. The van der Waals surface area contributed by atoms with Crippen LogP contribution in [-0.2, 0) is 9.47 Å². The van der Waals surface area contributed by atoms with Crippen LogP contribution in [0.25, 0.3) is 0 Å². The molecule has 0 saturated carbocycles. The van der Waals surface area contributed by atoms with Gasteiger partial charge in [0.2, 0.25) is 0 Å². The fourth-order valence-corrected chi connectivity index (χ4v) is 1.84. The predicted molar refractivity (Wildman–Crippen MR) is 61.8 cm³/mol. The third-order valence-electron chi connectivity index (χ3n) is 2.78. The van der Waals surface area contributed by atoms with E-state index < -0.39 is 0 Å². The average molecular weight is 213 g/mol. The molecule has 2 N–H and O–H groups in total. The van der Waals surface area contributed by atoms with Crippen LogP contribution < -0.4 is 5.73 Å². The minimum atomic E-state index is 0.0833. The van der Waals surface area contributed by atoms with Gasteiger partial charge in [0.15, 0.2) is 0 Å². The molecule has 1 rings (SSSR count). The zero-order valence-corrected chi connectivity index (χ0v) is 9.71. The molecule has 1 aliphatic carbocycles. The maximum Gasteiger partial charge on any atom is 0.0701 e. The normalized spacial score (nSPS) is 19.5. The fourth-order valence-electron chi connectivity index (χ4n) is 1.84. The van der Waals surface area contributed by atoms with Crippen LogP contribution in [-0.4, -0.2) is 33.0 Å². The molecule has 0 fully saturated rings. The van der Waals surface area contributed by atoms with E-state index in [9.17, 15) is 0 Å². The molecule has 0 saturated heterocycles. The summed E-state index contributed by atoms with van der Waals surface area (Å²) in [5.41, 5.74) is 7.45. The third-order valence-corrected chi connectivity index (χ3v) is 2.78. The lowest BCUT2D eigenvalue weighted by Crippen LogP contribution is -2.29. The molecule has 3 heteroatoms. The van der Waals surface area contributed by atoms with E-state index in [0.717, 1.165) is 6.42 Å². The molecule has 0 amide bonds. The SMILES string of the molecule is COCCOCC(N)C1=CCCCCC1. The maximum absolute atomic E-state index is 6.07. The highest BCUT2D eigenvalue weighted by Crippen LogP contribution is 2.19. The van der Waals surface area contributed by atoms with E-state index >= 15 is 0 Å². The van der Waals surface area contributed by atoms with Crippen LogP contribution >= 0.6 is 0 Å². The molecule has 0 heterocycles. The third kappa shape index (κ3) is 5.30. The molecule has 0 aromatic heterocycles. The zero-order valence-electron chi connectivity index (χ0n) is 9.71. The summed E-state index contributed by atoms with van der Waals surface area (Å²) in [6.45, 7) is 1.90. The highest BCUT2D eigenvalue weighted by atomic mass is 16.5. The number of nitrogens with two attached hydrogens (primary N) is 1. The molecule has 0 bridgehead atoms. The van der Waals surface area contributed by atoms with Crippen molar-refractivity contribution in [1.82, 2.24) is 0 Å². The molecule has 15 heavy (non-hydrogen) atoms. The maximum atomic E-state index is 6.07. The lowest BCUT2D eigenvalue weighted by atomic mass is 10.0. The topological polar surface area (TPSA) is 44.5 Å². The minimum Gasteiger partial charge on any atom is -0.382 e. The number of hydrogen-bond donors (Lipinski definition) is 1. The summed E-state index contributed by atoms with van der Waals surface area (Å²) in [5.74, 6) is 0. The van der Waals surface area contributed by atoms with Crippen molar-refractivity contribution in [2.24, 2.45) is 5.73 Å². The van der Waals surface area contributed by atoms with Crippen molar-refractivity contribution < 1.29 is 9.47 Å². The van der Waals surface area contributed by atoms with Gasteiger partial charge in [-0.25, -0.2) is 0 Å². The molecule has 0 radical (unpaired) electrons. The van der Waals surface area contributed by atoms with Crippen molar-refractivity contribution >= 4 is 0 Å². The van der Waals surface area contributed by atoms with E-state index in [2.05, 4.69) is 6.08 Å². The van der Waals surface area contributed by atoms with Crippen LogP contribution in [0.1, 0.15) is 32.1 Å². The van der Waals surface area contributed by atoms with Crippen LogP contribution in [0.3, 0.4) is 0 Å². The van der Waals surface area contributed by atoms with E-state index in [1.165, 1.54) is 31.3 Å². The zero-order chi connectivity index (χ0) is 10.9. The minimum absolute atomic E-state index is 0.0833. The molecule has 1 unspecified atom stereocenters. The number of rotatable bonds is 6. The van der Waals surface area contributed by atoms with Crippen molar-refractivity contribution in [2.75, 3.05) is 26.9 Å². The van der Waals surface area contributed by atoms with Crippen molar-refractivity contribution in [3.8, 4) is 0 Å². The second kappa shape index (κ2) is 7.85. The molecule has 0 aliphatic heterocycles. The quantitative estimate of drug-likeness (QED) is 0.541. The Kier molecular flexibility index (Phi) is 6.64. The molecule has 0 aromatic rings. The summed E-state index contributed by atoms with van der Waals surface area (Å²) in [4.78, 5) is 0. The van der Waals surface area contributed by atoms with Gasteiger partial charge in [-0.05, 0) is 25.7 Å². The van der Waals surface area contributed by atoms with E-state index in [1.807, 2.05) is 0 Å². The number of methoxy groups -OCH3 is 1. The molecule has 1 atom stereocenters. The van der Waals surface area contributed by atoms with Gasteiger partial charge in [0.1, 0.15) is 0 Å². The largest absolute Gasteiger partial charge is 0.382 e. The van der Waals surface area contributed by atoms with Gasteiger partial charge in [0.05, 0.1) is 19.8 Å². The highest BCUT2D eigenvalue weighted by Gasteiger charge is 2.11. The van der Waals surface area contributed by atoms with Gasteiger partial charge < -0.3 is 15.2 Å². The van der Waals surface area contributed by atoms with E-state index in [1.54, 1.807) is 7.11 Å². The van der Waals surface area contributed by atoms with Crippen molar-refractivity contribution in [2.45, 2.75) is 38.1 Å². The van der Waals surface area contributed by atoms with Crippen molar-refractivity contribution in [3.05, 3.63) is 11.6 Å². The lowest BCUT2D eigenvalue weighted by molar-refractivity contribution is 0.0669. The van der Waals surface area contributed by atoms with E-state index in [0.29, 0.717) is 19.8 Å². The van der Waals surface area contributed by atoms with Gasteiger partial charge >= 0.3 is 0 Å². The second-order valence-electron chi connectivity index (χ2n) is 4.05. The summed E-state index contributed by atoms with van der Waals surface area (Å²) in [6, 6.07) is 0.0833. The monoisotopic (exact) mass is 213 g/mol. The molecule has 3 nitrogen and oxygen atoms in total. The molecule has 88 valence electrons. The number of allylic oxidation sites excluding steroid dienone is 1. The molecule has 1 aliphatic rings. The Balaban J connectivity index is 2.19. The summed E-state index contributed by atoms with van der Waals surface area (Å²) in [7, 11) is 1.68. The Bertz CT molecular complexity index is 192. The smallest absolute Gasteiger partial charge is 0.0701 e. The first kappa shape index (κ1) is 12.7. The summed E-state index contributed by atoms with van der Waals surface area (Å²) in [5, 5.41) is 0. The van der Waals surface area contributed by atoms with Gasteiger partial charge in [-0.2, -0.15) is 0 Å². The van der Waals surface area contributed by atoms with Crippen molar-refractivity contribution in [1.29, 1.82) is 0 Å². The summed E-state index contributed by atoms with van der Waals surface area (Å²) < 4.78 is 10.3. The second-order valence-corrected chi connectivity index (χ2v) is 4.05. The van der Waals surface area contributed by atoms with Crippen LogP contribution in [0, 0.1) is 0 Å². The Morgan fingerprint density at radius 1 is 1.33 bits per heavy atom. The lowest BCUT2D eigenvalue weighted by Gasteiger charge is -2.15. The van der Waals surface area contributed by atoms with Crippen molar-refractivity contribution in [3.63, 3.8) is 0 Å². The number of ether oxygens (including phenoxy) is 2. The van der Waals surface area contributed by atoms with E-state index in [-0.39, 0.29) is 6.04 Å². The van der Waals surface area contributed by atoms with Gasteiger partial charge in [-0.1, -0.05) is 18.1 Å². The molecule has 0 aromatic carbocycles. The Hall–Kier alpha value is -0.380. The predicted octanol–water partition coefficient (Wildman–Crippen LogP) is 1.87. The molecule has 0 spiro atoms. The fraction of sp³-hybridized carbons (Fsp3) is 0.833. The van der Waals surface area contributed by atoms with E-state index in [4.69, 9.17) is 15.2 Å². The first-order valence-electron chi connectivity index (χ1n) is 5.86. The van der Waals surface area contributed by atoms with Gasteiger partial charge in [0, 0.05) is 13.2 Å². The van der Waals surface area contributed by atoms with Gasteiger partial charge in [-0.3, -0.25) is 0 Å². The highest BCUT2D eigenvalue weighted by molar-refractivity contribution is 5.11. The van der Waals surface area contributed by atoms with Crippen LogP contribution in [0.4, 0.5) is 0 Å². The average Bonchev–Trinajstić information content (AvgIpc) is 2.52. The Labute approximate surface area is 92.6 Å². The number of hydrogen-bond acceptors (Lipinski definition) is 3. The molecular weight excluding hydrogens is 190 g/mol. The van der Waals surface area contributed by atoms with Gasteiger partial charge in [0.25, 0.3) is 0 Å². The Morgan fingerprint density at radius 2 is 2.20 bits per heavy atom. The summed E-state index contributed by atoms with van der Waals surface area (Å²) >= 11 is 0. The van der Waals surface area contributed by atoms with Crippen LogP contribution in [0.5, 0.6) is 0 Å². The Morgan fingerprint density at radius 3 is 3.00 bits per heavy atom.